The lowest BCUT2D eigenvalue weighted by atomic mass is 10.1. The minimum Gasteiger partial charge on any atom is -0.313 e. The number of nitrogens with one attached hydrogen (secondary N) is 1. The Labute approximate surface area is 124 Å². The van der Waals surface area contributed by atoms with Crippen molar-refractivity contribution >= 4 is 11.8 Å². The molecule has 106 valence electrons. The van der Waals surface area contributed by atoms with Crippen LogP contribution in [-0.2, 0) is 6.54 Å². The van der Waals surface area contributed by atoms with Crippen molar-refractivity contribution in [2.45, 2.75) is 36.6 Å². The second-order valence-electron chi connectivity index (χ2n) is 4.84. The van der Waals surface area contributed by atoms with Crippen LogP contribution in [0.5, 0.6) is 0 Å². The van der Waals surface area contributed by atoms with E-state index in [1.807, 2.05) is 6.07 Å². The molecular weight excluding hydrogens is 269 g/mol. The van der Waals surface area contributed by atoms with E-state index in [1.165, 1.54) is 22.1 Å². The van der Waals surface area contributed by atoms with Gasteiger partial charge in [-0.1, -0.05) is 36.9 Å². The smallest absolute Gasteiger partial charge is 0.124 e. The first-order chi connectivity index (χ1) is 9.69. The maximum absolute atomic E-state index is 13.2. The van der Waals surface area contributed by atoms with Gasteiger partial charge in [0.2, 0.25) is 0 Å². The number of rotatable bonds is 6. The second-order valence-corrected chi connectivity index (χ2v) is 5.95. The van der Waals surface area contributed by atoms with Gasteiger partial charge in [0.1, 0.15) is 5.82 Å². The average Bonchev–Trinajstić information content (AvgIpc) is 2.42. The number of hydrogen-bond acceptors (Lipinski definition) is 2. The van der Waals surface area contributed by atoms with Crippen molar-refractivity contribution in [1.29, 1.82) is 0 Å². The molecule has 0 unspecified atom stereocenters. The van der Waals surface area contributed by atoms with Gasteiger partial charge in [-0.25, -0.2) is 4.39 Å². The van der Waals surface area contributed by atoms with Crippen molar-refractivity contribution in [1.82, 2.24) is 5.32 Å². The Morgan fingerprint density at radius 3 is 2.70 bits per heavy atom. The molecule has 1 nitrogen and oxygen atoms in total. The SMILES string of the molecule is CCCNCc1ccc(Sc2cccc(F)c2)c(C)c1. The molecule has 0 bridgehead atoms. The molecule has 2 aromatic carbocycles. The van der Waals surface area contributed by atoms with Gasteiger partial charge in [0, 0.05) is 16.3 Å². The summed E-state index contributed by atoms with van der Waals surface area (Å²) in [7, 11) is 0. The highest BCUT2D eigenvalue weighted by atomic mass is 32.2. The summed E-state index contributed by atoms with van der Waals surface area (Å²) in [5.41, 5.74) is 2.52. The summed E-state index contributed by atoms with van der Waals surface area (Å²) in [5.74, 6) is -0.187. The van der Waals surface area contributed by atoms with Gasteiger partial charge < -0.3 is 5.32 Å². The van der Waals surface area contributed by atoms with Crippen LogP contribution in [0.2, 0.25) is 0 Å². The predicted molar refractivity (Wildman–Crippen MR) is 83.7 cm³/mol. The molecule has 0 aliphatic carbocycles. The Morgan fingerprint density at radius 1 is 1.15 bits per heavy atom. The molecule has 0 saturated heterocycles. The van der Waals surface area contributed by atoms with Crippen molar-refractivity contribution < 1.29 is 4.39 Å². The van der Waals surface area contributed by atoms with E-state index in [1.54, 1.807) is 23.9 Å². The highest BCUT2D eigenvalue weighted by molar-refractivity contribution is 7.99. The number of benzene rings is 2. The van der Waals surface area contributed by atoms with E-state index in [9.17, 15) is 4.39 Å². The maximum atomic E-state index is 13.2. The molecule has 0 spiro atoms. The molecule has 0 atom stereocenters. The van der Waals surface area contributed by atoms with Crippen LogP contribution in [0.25, 0.3) is 0 Å². The van der Waals surface area contributed by atoms with Gasteiger partial charge in [-0.05, 0) is 55.3 Å². The van der Waals surface area contributed by atoms with Crippen molar-refractivity contribution in [3.8, 4) is 0 Å². The van der Waals surface area contributed by atoms with Crippen LogP contribution in [0.4, 0.5) is 4.39 Å². The summed E-state index contributed by atoms with van der Waals surface area (Å²) >= 11 is 1.61. The Hall–Kier alpha value is -1.32. The number of aryl methyl sites for hydroxylation is 1. The first kappa shape index (κ1) is 15.1. The van der Waals surface area contributed by atoms with Crippen LogP contribution in [0.1, 0.15) is 24.5 Å². The molecular formula is C17H20FNS. The third-order valence-electron chi connectivity index (χ3n) is 3.02. The second kappa shape index (κ2) is 7.46. The predicted octanol–water partition coefficient (Wildman–Crippen LogP) is 4.78. The van der Waals surface area contributed by atoms with Gasteiger partial charge in [-0.3, -0.25) is 0 Å². The van der Waals surface area contributed by atoms with E-state index in [0.717, 1.165) is 24.4 Å². The zero-order valence-corrected chi connectivity index (χ0v) is 12.8. The molecule has 2 rings (SSSR count). The van der Waals surface area contributed by atoms with Crippen LogP contribution in [0.15, 0.2) is 52.3 Å². The molecule has 2 aromatic rings. The highest BCUT2D eigenvalue weighted by Gasteiger charge is 2.03. The van der Waals surface area contributed by atoms with E-state index in [-0.39, 0.29) is 5.82 Å². The number of halogens is 1. The number of hydrogen-bond donors (Lipinski definition) is 1. The molecule has 0 aliphatic heterocycles. The van der Waals surface area contributed by atoms with E-state index in [4.69, 9.17) is 0 Å². The first-order valence-corrected chi connectivity index (χ1v) is 7.74. The van der Waals surface area contributed by atoms with Crippen LogP contribution in [0, 0.1) is 12.7 Å². The lowest BCUT2D eigenvalue weighted by Crippen LogP contribution is -2.13. The minimum atomic E-state index is -0.187. The van der Waals surface area contributed by atoms with Crippen LogP contribution in [-0.4, -0.2) is 6.54 Å². The molecule has 0 amide bonds. The van der Waals surface area contributed by atoms with Gasteiger partial charge >= 0.3 is 0 Å². The Morgan fingerprint density at radius 2 is 2.00 bits per heavy atom. The molecule has 0 aliphatic rings. The lowest BCUT2D eigenvalue weighted by molar-refractivity contribution is 0.624. The van der Waals surface area contributed by atoms with Gasteiger partial charge in [0.15, 0.2) is 0 Å². The van der Waals surface area contributed by atoms with Crippen LogP contribution < -0.4 is 5.32 Å². The maximum Gasteiger partial charge on any atom is 0.124 e. The van der Waals surface area contributed by atoms with Gasteiger partial charge in [0.25, 0.3) is 0 Å². The molecule has 0 aromatic heterocycles. The molecule has 0 heterocycles. The highest BCUT2D eigenvalue weighted by Crippen LogP contribution is 2.30. The van der Waals surface area contributed by atoms with E-state index in [0.29, 0.717) is 0 Å². The molecule has 0 fully saturated rings. The molecule has 20 heavy (non-hydrogen) atoms. The van der Waals surface area contributed by atoms with E-state index < -0.39 is 0 Å². The standard InChI is InChI=1S/C17H20FNS/c1-3-9-19-12-14-7-8-17(13(2)10-14)20-16-6-4-5-15(18)11-16/h4-8,10-11,19H,3,9,12H2,1-2H3. The lowest BCUT2D eigenvalue weighted by Gasteiger charge is -2.09. The fourth-order valence-electron chi connectivity index (χ4n) is 2.00. The Balaban J connectivity index is 2.06. The molecule has 0 radical (unpaired) electrons. The van der Waals surface area contributed by atoms with Gasteiger partial charge in [-0.2, -0.15) is 0 Å². The first-order valence-electron chi connectivity index (χ1n) is 6.92. The fraction of sp³-hybridized carbons (Fsp3) is 0.294. The topological polar surface area (TPSA) is 12.0 Å². The normalized spacial score (nSPS) is 10.8. The summed E-state index contributed by atoms with van der Waals surface area (Å²) in [4.78, 5) is 2.11. The summed E-state index contributed by atoms with van der Waals surface area (Å²) in [6.07, 6.45) is 1.15. The summed E-state index contributed by atoms with van der Waals surface area (Å²) in [6.45, 7) is 6.21. The van der Waals surface area contributed by atoms with Crippen molar-refractivity contribution in [3.05, 3.63) is 59.4 Å². The fourth-order valence-corrected chi connectivity index (χ4v) is 2.93. The quantitative estimate of drug-likeness (QED) is 0.768. The Kier molecular flexibility index (Phi) is 5.62. The van der Waals surface area contributed by atoms with Crippen LogP contribution >= 0.6 is 11.8 Å². The van der Waals surface area contributed by atoms with Crippen LogP contribution in [0.3, 0.4) is 0 Å². The van der Waals surface area contributed by atoms with E-state index in [2.05, 4.69) is 37.4 Å². The van der Waals surface area contributed by atoms with Gasteiger partial charge in [0.05, 0.1) is 0 Å². The summed E-state index contributed by atoms with van der Waals surface area (Å²) in [5, 5.41) is 3.40. The third kappa shape index (κ3) is 4.36. The van der Waals surface area contributed by atoms with Crippen molar-refractivity contribution in [3.63, 3.8) is 0 Å². The average molecular weight is 289 g/mol. The third-order valence-corrected chi connectivity index (χ3v) is 4.19. The summed E-state index contributed by atoms with van der Waals surface area (Å²) < 4.78 is 13.2. The van der Waals surface area contributed by atoms with Gasteiger partial charge in [-0.15, -0.1) is 0 Å². The Bertz CT molecular complexity index is 569. The largest absolute Gasteiger partial charge is 0.313 e. The van der Waals surface area contributed by atoms with E-state index >= 15 is 0 Å². The minimum absolute atomic E-state index is 0.187. The monoisotopic (exact) mass is 289 g/mol. The molecule has 0 saturated carbocycles. The summed E-state index contributed by atoms with van der Waals surface area (Å²) in [6, 6.07) is 13.2. The zero-order chi connectivity index (χ0) is 14.4. The zero-order valence-electron chi connectivity index (χ0n) is 11.9. The molecule has 3 heteroatoms. The molecule has 1 N–H and O–H groups in total. The van der Waals surface area contributed by atoms with Crippen molar-refractivity contribution in [2.75, 3.05) is 6.54 Å². The van der Waals surface area contributed by atoms with Crippen molar-refractivity contribution in [2.24, 2.45) is 0 Å².